The van der Waals surface area contributed by atoms with Gasteiger partial charge in [-0.2, -0.15) is 0 Å². The number of unbranched alkanes of at least 4 members (excludes halogenated alkanes) is 9. The lowest BCUT2D eigenvalue weighted by molar-refractivity contribution is -0.870. The molecule has 0 aliphatic heterocycles. The lowest BCUT2D eigenvalue weighted by atomic mass is 10.0. The van der Waals surface area contributed by atoms with Crippen molar-refractivity contribution in [3.05, 3.63) is 95.6 Å². The SMILES string of the molecule is CC/C=C\CC(O)/C=C/C=C/C/C=C\C/C=C\C/C=C\CCC(=O)OC[C@H](COP(=O)([O-])OCC[N+](C)(C)C)OC(=O)CCCCCCCCCCc1oc(CCCCC)c(C)c1C. The largest absolute Gasteiger partial charge is 0.756 e. The second-order valence-corrected chi connectivity index (χ2v) is 18.9. The van der Waals surface area contributed by atoms with Gasteiger partial charge in [0.15, 0.2) is 6.10 Å². The number of carbonyl (C=O) groups is 2. The zero-order chi connectivity index (χ0) is 47.3. The molecule has 0 radical (unpaired) electrons. The van der Waals surface area contributed by atoms with Gasteiger partial charge in [-0.3, -0.25) is 14.2 Å². The summed E-state index contributed by atoms with van der Waals surface area (Å²) in [5.74, 6) is 1.33. The maximum atomic E-state index is 12.8. The van der Waals surface area contributed by atoms with E-state index in [1.54, 1.807) is 6.08 Å². The molecule has 11 nitrogen and oxygen atoms in total. The van der Waals surface area contributed by atoms with Crippen molar-refractivity contribution in [2.24, 2.45) is 0 Å². The molecule has 0 saturated heterocycles. The van der Waals surface area contributed by atoms with Crippen molar-refractivity contribution in [3.8, 4) is 0 Å². The Kier molecular flexibility index (Phi) is 33.8. The molecular weight excluding hydrogens is 830 g/mol. The van der Waals surface area contributed by atoms with E-state index >= 15 is 0 Å². The smallest absolute Gasteiger partial charge is 0.306 e. The van der Waals surface area contributed by atoms with Gasteiger partial charge in [-0.1, -0.05) is 138 Å². The van der Waals surface area contributed by atoms with Crippen molar-refractivity contribution in [1.82, 2.24) is 0 Å². The van der Waals surface area contributed by atoms with Crippen molar-refractivity contribution >= 4 is 19.8 Å². The first kappa shape index (κ1) is 58.7. The molecule has 0 saturated carbocycles. The van der Waals surface area contributed by atoms with E-state index in [0.29, 0.717) is 30.3 Å². The molecule has 1 aromatic heterocycles. The number of carbonyl (C=O) groups excluding carboxylic acids is 2. The molecule has 1 heterocycles. The van der Waals surface area contributed by atoms with E-state index in [2.05, 4.69) is 52.0 Å². The fourth-order valence-corrected chi connectivity index (χ4v) is 7.20. The van der Waals surface area contributed by atoms with Crippen molar-refractivity contribution in [2.75, 3.05) is 47.5 Å². The topological polar surface area (TPSA) is 145 Å². The Balaban J connectivity index is 2.40. The molecule has 3 atom stereocenters. The fraction of sp³-hybridized carbons (Fsp3) is 0.654. The summed E-state index contributed by atoms with van der Waals surface area (Å²) in [4.78, 5) is 37.7. The third kappa shape index (κ3) is 33.2. The predicted molar refractivity (Wildman–Crippen MR) is 259 cm³/mol. The molecule has 1 rings (SSSR count). The molecule has 12 heteroatoms. The minimum atomic E-state index is -4.67. The normalized spacial score (nSPS) is 14.6. The molecule has 64 heavy (non-hydrogen) atoms. The number of ether oxygens (including phenoxy) is 2. The van der Waals surface area contributed by atoms with E-state index in [4.69, 9.17) is 22.9 Å². The number of phosphoric acid groups is 1. The quantitative estimate of drug-likeness (QED) is 0.0169. The summed E-state index contributed by atoms with van der Waals surface area (Å²) >= 11 is 0. The maximum Gasteiger partial charge on any atom is 0.306 e. The number of phosphoric ester groups is 1. The van der Waals surface area contributed by atoms with E-state index in [0.717, 1.165) is 82.1 Å². The number of furan rings is 1. The first-order valence-electron chi connectivity index (χ1n) is 24.1. The van der Waals surface area contributed by atoms with Crippen LogP contribution < -0.4 is 4.89 Å². The van der Waals surface area contributed by atoms with Gasteiger partial charge in [-0.05, 0) is 82.8 Å². The average molecular weight is 916 g/mol. The number of hydrogen-bond acceptors (Lipinski definition) is 10. The Hall–Kier alpha value is -3.31. The fourth-order valence-electron chi connectivity index (χ4n) is 6.47. The highest BCUT2D eigenvalue weighted by atomic mass is 31.2. The molecule has 2 unspecified atom stereocenters. The third-order valence-electron chi connectivity index (χ3n) is 10.5. The van der Waals surface area contributed by atoms with Crippen LogP contribution >= 0.6 is 7.82 Å². The van der Waals surface area contributed by atoms with Crippen molar-refractivity contribution < 1.29 is 51.6 Å². The summed E-state index contributed by atoms with van der Waals surface area (Å²) in [7, 11) is 1.07. The van der Waals surface area contributed by atoms with Crippen LogP contribution in [0.1, 0.15) is 158 Å². The van der Waals surface area contributed by atoms with Crippen LogP contribution in [0.15, 0.2) is 77.3 Å². The van der Waals surface area contributed by atoms with Crippen LogP contribution in [-0.4, -0.2) is 81.2 Å². The van der Waals surface area contributed by atoms with Crippen LogP contribution in [0.2, 0.25) is 0 Å². The zero-order valence-corrected chi connectivity index (χ0v) is 41.7. The third-order valence-corrected chi connectivity index (χ3v) is 11.5. The molecule has 1 aromatic rings. The summed E-state index contributed by atoms with van der Waals surface area (Å²) in [6.45, 7) is 8.20. The van der Waals surface area contributed by atoms with Gasteiger partial charge in [0.1, 0.15) is 31.3 Å². The van der Waals surface area contributed by atoms with Gasteiger partial charge in [-0.15, -0.1) is 0 Å². The van der Waals surface area contributed by atoms with Crippen LogP contribution in [0.4, 0.5) is 0 Å². The van der Waals surface area contributed by atoms with E-state index in [-0.39, 0.29) is 26.1 Å². The van der Waals surface area contributed by atoms with Crippen LogP contribution in [0.3, 0.4) is 0 Å². The number of aliphatic hydroxyl groups excluding tert-OH is 1. The first-order chi connectivity index (χ1) is 30.7. The second kappa shape index (κ2) is 36.9. The Labute approximate surface area is 387 Å². The number of allylic oxidation sites excluding steroid dienone is 10. The van der Waals surface area contributed by atoms with Gasteiger partial charge >= 0.3 is 11.9 Å². The van der Waals surface area contributed by atoms with Gasteiger partial charge in [0.25, 0.3) is 7.82 Å². The van der Waals surface area contributed by atoms with Crippen molar-refractivity contribution in [2.45, 2.75) is 175 Å². The average Bonchev–Trinajstić information content (AvgIpc) is 3.51. The number of aryl methyl sites for hydroxylation is 2. The van der Waals surface area contributed by atoms with Gasteiger partial charge in [0.05, 0.1) is 33.9 Å². The lowest BCUT2D eigenvalue weighted by Gasteiger charge is -2.28. The molecule has 0 aliphatic rings. The number of rotatable bonds is 39. The van der Waals surface area contributed by atoms with E-state index in [1.807, 2.05) is 63.7 Å². The Morgan fingerprint density at radius 3 is 1.89 bits per heavy atom. The molecule has 0 fully saturated rings. The number of esters is 2. The van der Waals surface area contributed by atoms with Crippen LogP contribution in [0, 0.1) is 13.8 Å². The zero-order valence-electron chi connectivity index (χ0n) is 40.8. The molecule has 0 amide bonds. The summed E-state index contributed by atoms with van der Waals surface area (Å²) in [5, 5.41) is 9.86. The van der Waals surface area contributed by atoms with Crippen LogP contribution in [0.5, 0.6) is 0 Å². The minimum Gasteiger partial charge on any atom is -0.756 e. The highest BCUT2D eigenvalue weighted by molar-refractivity contribution is 7.45. The van der Waals surface area contributed by atoms with Gasteiger partial charge in [0.2, 0.25) is 0 Å². The van der Waals surface area contributed by atoms with Crippen LogP contribution in [0.25, 0.3) is 0 Å². The molecule has 0 bridgehead atoms. The molecule has 1 N–H and O–H groups in total. The van der Waals surface area contributed by atoms with Gasteiger partial charge in [0, 0.05) is 25.7 Å². The Bertz CT molecular complexity index is 1620. The van der Waals surface area contributed by atoms with E-state index in [9.17, 15) is 24.2 Å². The summed E-state index contributed by atoms with van der Waals surface area (Å²) in [6.07, 6.45) is 41.0. The first-order valence-corrected chi connectivity index (χ1v) is 25.6. The molecule has 0 aromatic carbocycles. The van der Waals surface area contributed by atoms with E-state index < -0.39 is 38.6 Å². The number of quaternary nitrogens is 1. The predicted octanol–water partition coefficient (Wildman–Crippen LogP) is 11.8. The van der Waals surface area contributed by atoms with Gasteiger partial charge in [-0.25, -0.2) is 0 Å². The van der Waals surface area contributed by atoms with Crippen molar-refractivity contribution in [3.63, 3.8) is 0 Å². The number of hydrogen-bond donors (Lipinski definition) is 1. The molecule has 364 valence electrons. The summed E-state index contributed by atoms with van der Waals surface area (Å²) < 4.78 is 40.1. The maximum absolute atomic E-state index is 12.8. The standard InChI is InChI=1S/C52H86NO10P/c1-8-10-29-35-47(54)36-31-25-21-17-15-13-12-14-16-18-23-27-33-39-51(55)59-43-48(44-61-64(57,58)60-42-41-53(5,6)7)62-52(56)40-34-28-24-20-19-22-26-32-38-50-46(4)45(3)49(63-50)37-30-11-9-2/h10,13-16,21,23,25,27,29,31,36,47-48,54H,8-9,11-12,17-20,22,24,26,28,30,32-35,37-44H2,1-7H3/b15-13-,16-14-,25-21+,27-23-,29-10-,36-31+/t47?,48-/m1/s1. The highest BCUT2D eigenvalue weighted by Crippen LogP contribution is 2.38. The molecule has 0 spiro atoms. The monoisotopic (exact) mass is 916 g/mol. The summed E-state index contributed by atoms with van der Waals surface area (Å²) in [5.41, 5.74) is 2.64. The Morgan fingerprint density at radius 1 is 0.703 bits per heavy atom. The van der Waals surface area contributed by atoms with Gasteiger partial charge < -0.3 is 37.4 Å². The Morgan fingerprint density at radius 2 is 1.28 bits per heavy atom. The minimum absolute atomic E-state index is 0.0594. The highest BCUT2D eigenvalue weighted by Gasteiger charge is 2.22. The number of nitrogens with zero attached hydrogens (tertiary/aromatic N) is 1. The summed E-state index contributed by atoms with van der Waals surface area (Å²) in [6, 6.07) is 0. The second-order valence-electron chi connectivity index (χ2n) is 17.5. The lowest BCUT2D eigenvalue weighted by Crippen LogP contribution is -2.37. The van der Waals surface area contributed by atoms with Crippen LogP contribution in [-0.2, 0) is 45.5 Å². The number of aliphatic hydroxyl groups is 1. The molecule has 0 aliphatic carbocycles. The van der Waals surface area contributed by atoms with E-state index in [1.165, 1.54) is 43.2 Å². The number of likely N-dealkylation sites (N-methyl/N-ethyl adjacent to an activating group) is 1. The molecular formula is C52H86NO10P. The van der Waals surface area contributed by atoms with Crippen molar-refractivity contribution in [1.29, 1.82) is 0 Å².